The Morgan fingerprint density at radius 3 is 2.67 bits per heavy atom. The first-order valence-electron chi connectivity index (χ1n) is 7.77. The molecule has 3 heteroatoms. The lowest BCUT2D eigenvalue weighted by molar-refractivity contribution is 0.0647. The second-order valence-electron chi connectivity index (χ2n) is 5.39. The summed E-state index contributed by atoms with van der Waals surface area (Å²) in [5.41, 5.74) is 1.34. The average molecular weight is 285 g/mol. The molecule has 1 amide bonds. The van der Waals surface area contributed by atoms with Crippen molar-refractivity contribution >= 4 is 5.91 Å². The molecule has 2 rings (SSSR count). The molecule has 0 saturated heterocycles. The Balaban J connectivity index is 2.24. The van der Waals surface area contributed by atoms with Crippen molar-refractivity contribution in [3.05, 3.63) is 35.4 Å². The lowest BCUT2D eigenvalue weighted by Gasteiger charge is -2.33. The van der Waals surface area contributed by atoms with E-state index in [4.69, 9.17) is 5.11 Å². The van der Waals surface area contributed by atoms with Crippen molar-refractivity contribution in [3.8, 4) is 11.8 Å². The van der Waals surface area contributed by atoms with Crippen LogP contribution in [0.4, 0.5) is 0 Å². The molecule has 0 spiro atoms. The second kappa shape index (κ2) is 7.85. The minimum Gasteiger partial charge on any atom is -0.384 e. The SMILES string of the molecule is CCN(C(=O)c1ccccc1C#CCO)C1CCCCC1. The third-order valence-corrected chi connectivity index (χ3v) is 4.08. The molecule has 0 aromatic heterocycles. The quantitative estimate of drug-likeness (QED) is 0.868. The number of hydrogen-bond acceptors (Lipinski definition) is 2. The van der Waals surface area contributed by atoms with Crippen LogP contribution in [0.3, 0.4) is 0 Å². The van der Waals surface area contributed by atoms with E-state index in [1.807, 2.05) is 36.1 Å². The van der Waals surface area contributed by atoms with Crippen LogP contribution in [-0.2, 0) is 0 Å². The van der Waals surface area contributed by atoms with Crippen molar-refractivity contribution in [2.75, 3.05) is 13.2 Å². The maximum Gasteiger partial charge on any atom is 0.255 e. The summed E-state index contributed by atoms with van der Waals surface area (Å²) >= 11 is 0. The Morgan fingerprint density at radius 1 is 1.29 bits per heavy atom. The first-order chi connectivity index (χ1) is 10.3. The Bertz CT molecular complexity index is 536. The van der Waals surface area contributed by atoms with Crippen LogP contribution < -0.4 is 0 Å². The van der Waals surface area contributed by atoms with Gasteiger partial charge in [-0.05, 0) is 31.9 Å². The van der Waals surface area contributed by atoms with Crippen LogP contribution in [0.2, 0.25) is 0 Å². The molecule has 1 aliphatic rings. The first kappa shape index (κ1) is 15.6. The highest BCUT2D eigenvalue weighted by atomic mass is 16.2. The van der Waals surface area contributed by atoms with E-state index in [9.17, 15) is 4.79 Å². The fraction of sp³-hybridized carbons (Fsp3) is 0.500. The van der Waals surface area contributed by atoms with Gasteiger partial charge in [-0.2, -0.15) is 0 Å². The lowest BCUT2D eigenvalue weighted by atomic mass is 9.93. The van der Waals surface area contributed by atoms with Crippen LogP contribution in [-0.4, -0.2) is 35.1 Å². The zero-order valence-corrected chi connectivity index (χ0v) is 12.6. The first-order valence-corrected chi connectivity index (χ1v) is 7.77. The zero-order chi connectivity index (χ0) is 15.1. The van der Waals surface area contributed by atoms with Gasteiger partial charge in [0.1, 0.15) is 6.61 Å². The molecule has 0 heterocycles. The van der Waals surface area contributed by atoms with E-state index in [0.717, 1.165) is 19.4 Å². The van der Waals surface area contributed by atoms with Gasteiger partial charge >= 0.3 is 0 Å². The molecule has 0 unspecified atom stereocenters. The van der Waals surface area contributed by atoms with Crippen LogP contribution in [0.15, 0.2) is 24.3 Å². The number of aliphatic hydroxyl groups excluding tert-OH is 1. The van der Waals surface area contributed by atoms with Gasteiger partial charge in [0, 0.05) is 18.2 Å². The number of carbonyl (C=O) groups excluding carboxylic acids is 1. The fourth-order valence-electron chi connectivity index (χ4n) is 3.03. The molecule has 0 aliphatic heterocycles. The van der Waals surface area contributed by atoms with E-state index >= 15 is 0 Å². The predicted molar refractivity (Wildman–Crippen MR) is 84.0 cm³/mol. The highest BCUT2D eigenvalue weighted by Crippen LogP contribution is 2.24. The smallest absolute Gasteiger partial charge is 0.255 e. The van der Waals surface area contributed by atoms with Crippen LogP contribution in [0.5, 0.6) is 0 Å². The Morgan fingerprint density at radius 2 is 2.00 bits per heavy atom. The molecule has 0 bridgehead atoms. The van der Waals surface area contributed by atoms with E-state index in [0.29, 0.717) is 17.2 Å². The standard InChI is InChI=1S/C18H23NO2/c1-2-19(16-11-4-3-5-12-16)18(21)17-13-7-6-9-15(17)10-8-14-20/h6-7,9,13,16,20H,2-5,11-12,14H2,1H3. The fourth-order valence-corrected chi connectivity index (χ4v) is 3.03. The molecule has 112 valence electrons. The Labute approximate surface area is 127 Å². The summed E-state index contributed by atoms with van der Waals surface area (Å²) in [6.07, 6.45) is 5.90. The van der Waals surface area contributed by atoms with E-state index < -0.39 is 0 Å². The normalized spacial score (nSPS) is 15.1. The van der Waals surface area contributed by atoms with Crippen LogP contribution >= 0.6 is 0 Å². The number of amides is 1. The minimum atomic E-state index is -0.192. The maximum atomic E-state index is 12.9. The summed E-state index contributed by atoms with van der Waals surface area (Å²) in [4.78, 5) is 14.8. The topological polar surface area (TPSA) is 40.5 Å². The van der Waals surface area contributed by atoms with Gasteiger partial charge in [-0.3, -0.25) is 4.79 Å². The van der Waals surface area contributed by atoms with E-state index in [2.05, 4.69) is 11.8 Å². The Hall–Kier alpha value is -1.79. The molecule has 3 nitrogen and oxygen atoms in total. The summed E-state index contributed by atoms with van der Waals surface area (Å²) in [5.74, 6) is 5.57. The number of hydrogen-bond donors (Lipinski definition) is 1. The van der Waals surface area contributed by atoms with Crippen LogP contribution in [0.1, 0.15) is 54.9 Å². The van der Waals surface area contributed by atoms with Crippen molar-refractivity contribution in [2.24, 2.45) is 0 Å². The van der Waals surface area contributed by atoms with Gasteiger partial charge < -0.3 is 10.0 Å². The summed E-state index contributed by atoms with van der Waals surface area (Å²) in [6.45, 7) is 2.57. The number of rotatable bonds is 3. The predicted octanol–water partition coefficient (Wildman–Crippen LogP) is 2.83. The van der Waals surface area contributed by atoms with E-state index in [-0.39, 0.29) is 12.5 Å². The monoisotopic (exact) mass is 285 g/mol. The summed E-state index contributed by atoms with van der Waals surface area (Å²) in [5, 5.41) is 8.85. The third-order valence-electron chi connectivity index (χ3n) is 4.08. The molecule has 0 atom stereocenters. The van der Waals surface area contributed by atoms with Crippen molar-refractivity contribution in [1.82, 2.24) is 4.90 Å². The molecular formula is C18H23NO2. The van der Waals surface area contributed by atoms with Gasteiger partial charge in [-0.15, -0.1) is 0 Å². The third kappa shape index (κ3) is 3.86. The average Bonchev–Trinajstić information content (AvgIpc) is 2.55. The van der Waals surface area contributed by atoms with E-state index in [1.165, 1.54) is 19.3 Å². The van der Waals surface area contributed by atoms with Crippen molar-refractivity contribution in [2.45, 2.75) is 45.1 Å². The summed E-state index contributed by atoms with van der Waals surface area (Å²) in [7, 11) is 0. The highest BCUT2D eigenvalue weighted by Gasteiger charge is 2.25. The highest BCUT2D eigenvalue weighted by molar-refractivity contribution is 5.97. The van der Waals surface area contributed by atoms with Crippen LogP contribution in [0.25, 0.3) is 0 Å². The molecule has 1 aromatic carbocycles. The van der Waals surface area contributed by atoms with Crippen LogP contribution in [0, 0.1) is 11.8 Å². The van der Waals surface area contributed by atoms with E-state index in [1.54, 1.807) is 0 Å². The lowest BCUT2D eigenvalue weighted by Crippen LogP contribution is -2.41. The van der Waals surface area contributed by atoms with Crippen molar-refractivity contribution < 1.29 is 9.90 Å². The molecule has 1 aliphatic carbocycles. The summed E-state index contributed by atoms with van der Waals surface area (Å²) < 4.78 is 0. The molecule has 0 radical (unpaired) electrons. The number of carbonyl (C=O) groups is 1. The van der Waals surface area contributed by atoms with Gasteiger partial charge in [0.25, 0.3) is 5.91 Å². The largest absolute Gasteiger partial charge is 0.384 e. The van der Waals surface area contributed by atoms with Gasteiger partial charge in [-0.1, -0.05) is 43.2 Å². The van der Waals surface area contributed by atoms with Gasteiger partial charge in [-0.25, -0.2) is 0 Å². The Kier molecular flexibility index (Phi) is 5.83. The molecular weight excluding hydrogens is 262 g/mol. The minimum absolute atomic E-state index is 0.0623. The second-order valence-corrected chi connectivity index (χ2v) is 5.39. The van der Waals surface area contributed by atoms with Gasteiger partial charge in [0.15, 0.2) is 0 Å². The zero-order valence-electron chi connectivity index (χ0n) is 12.6. The van der Waals surface area contributed by atoms with Crippen molar-refractivity contribution in [1.29, 1.82) is 0 Å². The molecule has 1 saturated carbocycles. The van der Waals surface area contributed by atoms with Gasteiger partial charge in [0.2, 0.25) is 0 Å². The summed E-state index contributed by atoms with van der Waals surface area (Å²) in [6, 6.07) is 7.76. The molecule has 1 fully saturated rings. The molecule has 1 N–H and O–H groups in total. The number of nitrogens with zero attached hydrogens (tertiary/aromatic N) is 1. The number of benzene rings is 1. The van der Waals surface area contributed by atoms with Gasteiger partial charge in [0.05, 0.1) is 5.56 Å². The molecule has 1 aromatic rings. The maximum absolute atomic E-state index is 12.9. The molecule has 21 heavy (non-hydrogen) atoms. The van der Waals surface area contributed by atoms with Crippen molar-refractivity contribution in [3.63, 3.8) is 0 Å². The number of aliphatic hydroxyl groups is 1.